The first kappa shape index (κ1) is 13.9. The SMILES string of the molecule is CC(C)(C)NCc1ncc(-c2ccc3c(c2)OCCO3)[nH]1. The third kappa shape index (κ3) is 3.36. The number of hydrogen-bond acceptors (Lipinski definition) is 4. The summed E-state index contributed by atoms with van der Waals surface area (Å²) in [5, 5.41) is 3.41. The van der Waals surface area contributed by atoms with Crippen molar-refractivity contribution in [3.63, 3.8) is 0 Å². The predicted octanol–water partition coefficient (Wildman–Crippen LogP) is 2.74. The Morgan fingerprint density at radius 3 is 2.71 bits per heavy atom. The molecule has 1 aliphatic rings. The van der Waals surface area contributed by atoms with Gasteiger partial charge in [0.25, 0.3) is 0 Å². The first-order valence-corrected chi connectivity index (χ1v) is 7.20. The Kier molecular flexibility index (Phi) is 3.59. The smallest absolute Gasteiger partial charge is 0.162 e. The Balaban J connectivity index is 1.77. The van der Waals surface area contributed by atoms with Crippen LogP contribution in [0.2, 0.25) is 0 Å². The van der Waals surface area contributed by atoms with Gasteiger partial charge >= 0.3 is 0 Å². The molecule has 112 valence electrons. The van der Waals surface area contributed by atoms with E-state index in [1.165, 1.54) is 0 Å². The minimum Gasteiger partial charge on any atom is -0.486 e. The van der Waals surface area contributed by atoms with E-state index >= 15 is 0 Å². The highest BCUT2D eigenvalue weighted by atomic mass is 16.6. The maximum Gasteiger partial charge on any atom is 0.162 e. The summed E-state index contributed by atoms with van der Waals surface area (Å²) in [4.78, 5) is 7.76. The second kappa shape index (κ2) is 5.41. The predicted molar refractivity (Wildman–Crippen MR) is 81.6 cm³/mol. The number of benzene rings is 1. The topological polar surface area (TPSA) is 59.2 Å². The van der Waals surface area contributed by atoms with Gasteiger partial charge in [0.05, 0.1) is 18.4 Å². The van der Waals surface area contributed by atoms with E-state index in [1.54, 1.807) is 0 Å². The molecule has 0 unspecified atom stereocenters. The molecule has 21 heavy (non-hydrogen) atoms. The first-order valence-electron chi connectivity index (χ1n) is 7.20. The summed E-state index contributed by atoms with van der Waals surface area (Å²) in [6, 6.07) is 5.95. The summed E-state index contributed by atoms with van der Waals surface area (Å²) in [5.74, 6) is 2.52. The van der Waals surface area contributed by atoms with Crippen molar-refractivity contribution in [2.45, 2.75) is 32.9 Å². The zero-order valence-electron chi connectivity index (χ0n) is 12.7. The van der Waals surface area contributed by atoms with Crippen molar-refractivity contribution in [1.82, 2.24) is 15.3 Å². The van der Waals surface area contributed by atoms with E-state index in [9.17, 15) is 0 Å². The van der Waals surface area contributed by atoms with Crippen molar-refractivity contribution in [2.75, 3.05) is 13.2 Å². The number of ether oxygens (including phenoxy) is 2. The Morgan fingerprint density at radius 2 is 1.95 bits per heavy atom. The monoisotopic (exact) mass is 287 g/mol. The molecular weight excluding hydrogens is 266 g/mol. The number of imidazole rings is 1. The number of nitrogens with one attached hydrogen (secondary N) is 2. The van der Waals surface area contributed by atoms with Gasteiger partial charge in [0.1, 0.15) is 19.0 Å². The van der Waals surface area contributed by atoms with Crippen molar-refractivity contribution < 1.29 is 9.47 Å². The van der Waals surface area contributed by atoms with Crippen LogP contribution in [0.4, 0.5) is 0 Å². The highest BCUT2D eigenvalue weighted by Gasteiger charge is 2.14. The molecule has 0 radical (unpaired) electrons. The Labute approximate surface area is 124 Å². The number of fused-ring (bicyclic) bond motifs is 1. The Hall–Kier alpha value is -2.01. The van der Waals surface area contributed by atoms with Gasteiger partial charge in [0.15, 0.2) is 11.5 Å². The summed E-state index contributed by atoms with van der Waals surface area (Å²) in [5.41, 5.74) is 2.11. The number of rotatable bonds is 3. The Bertz CT molecular complexity index is 629. The molecule has 3 rings (SSSR count). The molecule has 0 aliphatic carbocycles. The van der Waals surface area contributed by atoms with Gasteiger partial charge in [0, 0.05) is 11.1 Å². The van der Waals surface area contributed by atoms with Crippen LogP contribution in [0.25, 0.3) is 11.3 Å². The fourth-order valence-electron chi connectivity index (χ4n) is 2.16. The van der Waals surface area contributed by atoms with Gasteiger partial charge in [-0.05, 0) is 39.0 Å². The lowest BCUT2D eigenvalue weighted by atomic mass is 10.1. The van der Waals surface area contributed by atoms with Gasteiger partial charge in [0.2, 0.25) is 0 Å². The fraction of sp³-hybridized carbons (Fsp3) is 0.438. The molecule has 0 spiro atoms. The maximum absolute atomic E-state index is 5.61. The summed E-state index contributed by atoms with van der Waals surface area (Å²) in [6.45, 7) is 8.33. The lowest BCUT2D eigenvalue weighted by molar-refractivity contribution is 0.171. The largest absolute Gasteiger partial charge is 0.486 e. The molecule has 1 aromatic heterocycles. The van der Waals surface area contributed by atoms with Crippen molar-refractivity contribution in [1.29, 1.82) is 0 Å². The average Bonchev–Trinajstić information content (AvgIpc) is 2.93. The summed E-state index contributed by atoms with van der Waals surface area (Å²) in [7, 11) is 0. The molecule has 0 atom stereocenters. The van der Waals surface area contributed by atoms with Crippen LogP contribution < -0.4 is 14.8 Å². The molecule has 1 aromatic carbocycles. The molecule has 2 N–H and O–H groups in total. The van der Waals surface area contributed by atoms with Crippen molar-refractivity contribution in [3.05, 3.63) is 30.2 Å². The third-order valence-corrected chi connectivity index (χ3v) is 3.27. The maximum atomic E-state index is 5.61. The number of aromatic nitrogens is 2. The second-order valence-corrected chi connectivity index (χ2v) is 6.21. The number of hydrogen-bond donors (Lipinski definition) is 2. The molecule has 5 nitrogen and oxygen atoms in total. The van der Waals surface area contributed by atoms with Crippen LogP contribution in [0, 0.1) is 0 Å². The fourth-order valence-corrected chi connectivity index (χ4v) is 2.16. The van der Waals surface area contributed by atoms with Crippen LogP contribution >= 0.6 is 0 Å². The molecule has 0 amide bonds. The zero-order valence-corrected chi connectivity index (χ0v) is 12.7. The number of nitrogens with zero attached hydrogens (tertiary/aromatic N) is 1. The number of aromatic amines is 1. The van der Waals surface area contributed by atoms with E-state index in [4.69, 9.17) is 9.47 Å². The van der Waals surface area contributed by atoms with Crippen LogP contribution in [0.3, 0.4) is 0 Å². The highest BCUT2D eigenvalue weighted by Crippen LogP contribution is 2.33. The van der Waals surface area contributed by atoms with Gasteiger partial charge in [-0.25, -0.2) is 4.98 Å². The molecule has 2 heterocycles. The van der Waals surface area contributed by atoms with Crippen LogP contribution in [0.5, 0.6) is 11.5 Å². The van der Waals surface area contributed by atoms with E-state index in [0.717, 1.165) is 28.6 Å². The van der Waals surface area contributed by atoms with Gasteiger partial charge in [-0.2, -0.15) is 0 Å². The van der Waals surface area contributed by atoms with E-state index in [2.05, 4.69) is 36.1 Å². The van der Waals surface area contributed by atoms with Gasteiger partial charge in [-0.3, -0.25) is 0 Å². The van der Waals surface area contributed by atoms with Crippen molar-refractivity contribution >= 4 is 0 Å². The zero-order chi connectivity index (χ0) is 14.9. The lowest BCUT2D eigenvalue weighted by Crippen LogP contribution is -2.35. The third-order valence-electron chi connectivity index (χ3n) is 3.27. The molecule has 1 aliphatic heterocycles. The molecule has 0 fully saturated rings. The average molecular weight is 287 g/mol. The molecule has 0 bridgehead atoms. The van der Waals surface area contributed by atoms with E-state index in [1.807, 2.05) is 24.4 Å². The van der Waals surface area contributed by atoms with Crippen LogP contribution in [0.1, 0.15) is 26.6 Å². The van der Waals surface area contributed by atoms with Gasteiger partial charge < -0.3 is 19.8 Å². The molecule has 5 heteroatoms. The normalized spacial score (nSPS) is 14.2. The van der Waals surface area contributed by atoms with E-state index in [0.29, 0.717) is 19.8 Å². The van der Waals surface area contributed by atoms with Crippen molar-refractivity contribution in [2.24, 2.45) is 0 Å². The quantitative estimate of drug-likeness (QED) is 0.911. The Morgan fingerprint density at radius 1 is 1.19 bits per heavy atom. The minimum absolute atomic E-state index is 0.0734. The molecule has 2 aromatic rings. The minimum atomic E-state index is 0.0734. The van der Waals surface area contributed by atoms with Gasteiger partial charge in [-0.1, -0.05) is 0 Å². The summed E-state index contributed by atoms with van der Waals surface area (Å²) >= 11 is 0. The molecule has 0 saturated heterocycles. The van der Waals surface area contributed by atoms with Crippen LogP contribution in [-0.4, -0.2) is 28.7 Å². The van der Waals surface area contributed by atoms with Crippen LogP contribution in [-0.2, 0) is 6.54 Å². The lowest BCUT2D eigenvalue weighted by Gasteiger charge is -2.19. The second-order valence-electron chi connectivity index (χ2n) is 6.21. The highest BCUT2D eigenvalue weighted by molar-refractivity contribution is 5.63. The van der Waals surface area contributed by atoms with Gasteiger partial charge in [-0.15, -0.1) is 0 Å². The molecular formula is C16H21N3O2. The first-order chi connectivity index (χ1) is 10.0. The number of H-pyrrole nitrogens is 1. The van der Waals surface area contributed by atoms with Crippen LogP contribution in [0.15, 0.2) is 24.4 Å². The summed E-state index contributed by atoms with van der Waals surface area (Å²) < 4.78 is 11.1. The standard InChI is InChI=1S/C16H21N3O2/c1-16(2,3)18-10-15-17-9-12(19-15)11-4-5-13-14(8-11)21-7-6-20-13/h4-5,8-9,18H,6-7,10H2,1-3H3,(H,17,19). The van der Waals surface area contributed by atoms with E-state index in [-0.39, 0.29) is 5.54 Å². The van der Waals surface area contributed by atoms with Crippen molar-refractivity contribution in [3.8, 4) is 22.8 Å². The summed E-state index contributed by atoms with van der Waals surface area (Å²) in [6.07, 6.45) is 1.85. The molecule has 0 saturated carbocycles. The van der Waals surface area contributed by atoms with E-state index < -0.39 is 0 Å².